The second kappa shape index (κ2) is 2.88. The summed E-state index contributed by atoms with van der Waals surface area (Å²) in [5, 5.41) is 0. The lowest BCUT2D eigenvalue weighted by atomic mass is 10.6. The first-order valence-corrected chi connectivity index (χ1v) is 3.58. The van der Waals surface area contributed by atoms with E-state index in [1.54, 1.807) is 10.8 Å². The zero-order chi connectivity index (χ0) is 7.56. The van der Waals surface area contributed by atoms with Crippen LogP contribution < -0.4 is 5.73 Å². The Kier molecular flexibility index (Phi) is 2.11. The van der Waals surface area contributed by atoms with Gasteiger partial charge in [0.2, 0.25) is 5.91 Å². The molecule has 0 unspecified atom stereocenters. The Balaban J connectivity index is 2.74. The van der Waals surface area contributed by atoms with Crippen molar-refractivity contribution in [2.24, 2.45) is 5.73 Å². The Morgan fingerprint density at radius 1 is 1.80 bits per heavy atom. The molecule has 3 nitrogen and oxygen atoms in total. The average molecular weight is 203 g/mol. The molecule has 0 aliphatic rings. The van der Waals surface area contributed by atoms with E-state index < -0.39 is 0 Å². The van der Waals surface area contributed by atoms with Crippen molar-refractivity contribution in [1.29, 1.82) is 0 Å². The van der Waals surface area contributed by atoms with E-state index in [9.17, 15) is 4.79 Å². The summed E-state index contributed by atoms with van der Waals surface area (Å²) < 4.78 is 2.59. The molecule has 54 valence electrons. The number of nitrogens with zero attached hydrogens (tertiary/aromatic N) is 1. The van der Waals surface area contributed by atoms with Crippen molar-refractivity contribution in [2.45, 2.75) is 6.54 Å². The molecule has 1 aromatic heterocycles. The van der Waals surface area contributed by atoms with Gasteiger partial charge in [0.1, 0.15) is 6.54 Å². The smallest absolute Gasteiger partial charge is 0.237 e. The Bertz CT molecular complexity index is 244. The van der Waals surface area contributed by atoms with Crippen molar-refractivity contribution in [3.05, 3.63) is 22.9 Å². The quantitative estimate of drug-likeness (QED) is 0.756. The minimum Gasteiger partial charge on any atom is -0.368 e. The van der Waals surface area contributed by atoms with E-state index in [2.05, 4.69) is 15.9 Å². The standard InChI is InChI=1S/C6H7BrN2O/c7-5-2-1-3-9(5)4-6(8)10/h1-3H,4H2,(H2,8,10). The summed E-state index contributed by atoms with van der Waals surface area (Å²) in [5.74, 6) is -0.336. The molecule has 0 aliphatic heterocycles. The van der Waals surface area contributed by atoms with Crippen LogP contribution >= 0.6 is 15.9 Å². The van der Waals surface area contributed by atoms with Crippen LogP contribution in [0.5, 0.6) is 0 Å². The zero-order valence-electron chi connectivity index (χ0n) is 5.25. The van der Waals surface area contributed by atoms with Crippen LogP contribution in [0.3, 0.4) is 0 Å². The molecule has 1 amide bonds. The molecule has 0 fully saturated rings. The van der Waals surface area contributed by atoms with Crippen LogP contribution in [0.4, 0.5) is 0 Å². The highest BCUT2D eigenvalue weighted by molar-refractivity contribution is 9.10. The number of hydrogen-bond acceptors (Lipinski definition) is 1. The van der Waals surface area contributed by atoms with Crippen molar-refractivity contribution in [3.8, 4) is 0 Å². The number of primary amides is 1. The van der Waals surface area contributed by atoms with Crippen molar-refractivity contribution in [2.75, 3.05) is 0 Å². The molecule has 0 atom stereocenters. The van der Waals surface area contributed by atoms with Crippen molar-refractivity contribution in [3.63, 3.8) is 0 Å². The first-order chi connectivity index (χ1) is 4.70. The first-order valence-electron chi connectivity index (χ1n) is 2.79. The van der Waals surface area contributed by atoms with Crippen molar-refractivity contribution >= 4 is 21.8 Å². The Labute approximate surface area is 66.9 Å². The van der Waals surface area contributed by atoms with Crippen LogP contribution in [-0.2, 0) is 11.3 Å². The van der Waals surface area contributed by atoms with Gasteiger partial charge >= 0.3 is 0 Å². The van der Waals surface area contributed by atoms with Crippen molar-refractivity contribution in [1.82, 2.24) is 4.57 Å². The number of halogens is 1. The third kappa shape index (κ3) is 1.60. The summed E-state index contributed by atoms with van der Waals surface area (Å²) in [6.07, 6.45) is 1.79. The fourth-order valence-electron chi connectivity index (χ4n) is 0.689. The molecule has 1 aromatic rings. The number of carbonyl (C=O) groups is 1. The van der Waals surface area contributed by atoms with Crippen LogP contribution in [0.2, 0.25) is 0 Å². The van der Waals surface area contributed by atoms with E-state index in [-0.39, 0.29) is 12.5 Å². The molecule has 10 heavy (non-hydrogen) atoms. The van der Waals surface area contributed by atoms with Gasteiger partial charge in [-0.15, -0.1) is 0 Å². The predicted molar refractivity (Wildman–Crippen MR) is 41.3 cm³/mol. The van der Waals surface area contributed by atoms with Gasteiger partial charge in [-0.2, -0.15) is 0 Å². The van der Waals surface area contributed by atoms with Crippen LogP contribution in [0.25, 0.3) is 0 Å². The van der Waals surface area contributed by atoms with E-state index in [4.69, 9.17) is 5.73 Å². The summed E-state index contributed by atoms with van der Waals surface area (Å²) in [7, 11) is 0. The van der Waals surface area contributed by atoms with E-state index >= 15 is 0 Å². The highest BCUT2D eigenvalue weighted by atomic mass is 79.9. The lowest BCUT2D eigenvalue weighted by Crippen LogP contribution is -2.17. The Morgan fingerprint density at radius 2 is 2.50 bits per heavy atom. The molecule has 4 heteroatoms. The van der Waals surface area contributed by atoms with E-state index in [0.29, 0.717) is 0 Å². The van der Waals surface area contributed by atoms with Gasteiger partial charge < -0.3 is 10.3 Å². The molecule has 0 saturated heterocycles. The topological polar surface area (TPSA) is 48.0 Å². The van der Waals surface area contributed by atoms with Gasteiger partial charge in [-0.05, 0) is 28.1 Å². The Hall–Kier alpha value is -0.770. The maximum Gasteiger partial charge on any atom is 0.237 e. The minimum absolute atomic E-state index is 0.230. The SMILES string of the molecule is NC(=O)Cn1cccc1Br. The molecule has 0 spiro atoms. The fraction of sp³-hybridized carbons (Fsp3) is 0.167. The molecule has 2 N–H and O–H groups in total. The van der Waals surface area contributed by atoms with Crippen LogP contribution in [0, 0.1) is 0 Å². The maximum absolute atomic E-state index is 10.4. The van der Waals surface area contributed by atoms with Gasteiger partial charge in [0, 0.05) is 6.20 Å². The second-order valence-electron chi connectivity index (χ2n) is 1.93. The lowest BCUT2D eigenvalue weighted by Gasteiger charge is -1.98. The Morgan fingerprint density at radius 3 is 2.90 bits per heavy atom. The van der Waals surface area contributed by atoms with Crippen molar-refractivity contribution < 1.29 is 4.79 Å². The first kappa shape index (κ1) is 7.34. The molecule has 1 rings (SSSR count). The van der Waals surface area contributed by atoms with E-state index in [1.165, 1.54) is 0 Å². The number of amides is 1. The predicted octanol–water partition coefficient (Wildman–Crippen LogP) is 0.736. The van der Waals surface area contributed by atoms with Crippen LogP contribution in [0.15, 0.2) is 22.9 Å². The lowest BCUT2D eigenvalue weighted by molar-refractivity contribution is -0.118. The van der Waals surface area contributed by atoms with E-state index in [1.807, 2.05) is 12.1 Å². The van der Waals surface area contributed by atoms with E-state index in [0.717, 1.165) is 4.60 Å². The molecular weight excluding hydrogens is 196 g/mol. The normalized spacial score (nSPS) is 9.70. The zero-order valence-corrected chi connectivity index (χ0v) is 6.84. The monoisotopic (exact) mass is 202 g/mol. The summed E-state index contributed by atoms with van der Waals surface area (Å²) in [4.78, 5) is 10.4. The third-order valence-corrected chi connectivity index (χ3v) is 1.82. The average Bonchev–Trinajstić information content (AvgIpc) is 2.15. The molecule has 0 aliphatic carbocycles. The summed E-state index contributed by atoms with van der Waals surface area (Å²) in [6.45, 7) is 0.230. The highest BCUT2D eigenvalue weighted by Crippen LogP contribution is 2.09. The summed E-state index contributed by atoms with van der Waals surface area (Å²) in [6, 6.07) is 3.69. The number of hydrogen-bond donors (Lipinski definition) is 1. The second-order valence-corrected chi connectivity index (χ2v) is 2.74. The van der Waals surface area contributed by atoms with Crippen LogP contribution in [-0.4, -0.2) is 10.5 Å². The molecule has 0 radical (unpaired) electrons. The number of carbonyl (C=O) groups excluding carboxylic acids is 1. The summed E-state index contributed by atoms with van der Waals surface area (Å²) >= 11 is 3.25. The molecule has 0 saturated carbocycles. The highest BCUT2D eigenvalue weighted by Gasteiger charge is 1.98. The molecular formula is C6H7BrN2O. The van der Waals surface area contributed by atoms with Gasteiger partial charge in [0.25, 0.3) is 0 Å². The van der Waals surface area contributed by atoms with Crippen LogP contribution in [0.1, 0.15) is 0 Å². The minimum atomic E-state index is -0.336. The van der Waals surface area contributed by atoms with Gasteiger partial charge in [-0.25, -0.2) is 0 Å². The van der Waals surface area contributed by atoms with Gasteiger partial charge in [0.15, 0.2) is 0 Å². The largest absolute Gasteiger partial charge is 0.368 e. The van der Waals surface area contributed by atoms with Gasteiger partial charge in [0.05, 0.1) is 4.60 Å². The summed E-state index contributed by atoms with van der Waals surface area (Å²) in [5.41, 5.74) is 4.97. The number of nitrogens with two attached hydrogens (primary N) is 1. The molecule has 1 heterocycles. The number of rotatable bonds is 2. The maximum atomic E-state index is 10.4. The van der Waals surface area contributed by atoms with Gasteiger partial charge in [-0.1, -0.05) is 0 Å². The molecule has 0 aromatic carbocycles. The number of aromatic nitrogens is 1. The molecule has 0 bridgehead atoms. The fourth-order valence-corrected chi connectivity index (χ4v) is 1.09. The van der Waals surface area contributed by atoms with Gasteiger partial charge in [-0.3, -0.25) is 4.79 Å². The third-order valence-electron chi connectivity index (χ3n) is 1.10.